The van der Waals surface area contributed by atoms with Gasteiger partial charge in [-0.15, -0.1) is 0 Å². The molecule has 0 spiro atoms. The summed E-state index contributed by atoms with van der Waals surface area (Å²) in [6.45, 7) is 5.75. The molecule has 1 fully saturated rings. The highest BCUT2D eigenvalue weighted by Gasteiger charge is 2.20. The average Bonchev–Trinajstić information content (AvgIpc) is 2.67. The number of methoxy groups -OCH3 is 1. The van der Waals surface area contributed by atoms with Crippen molar-refractivity contribution in [3.05, 3.63) is 41.6 Å². The predicted octanol–water partition coefficient (Wildman–Crippen LogP) is 1.82. The van der Waals surface area contributed by atoms with Gasteiger partial charge in [0.25, 0.3) is 0 Å². The second-order valence-electron chi connectivity index (χ2n) is 6.82. The summed E-state index contributed by atoms with van der Waals surface area (Å²) in [6, 6.07) is 3.42. The number of ether oxygens (including phenoxy) is 2. The highest BCUT2D eigenvalue weighted by atomic mass is 16.5. The van der Waals surface area contributed by atoms with Crippen LogP contribution in [-0.2, 0) is 9.53 Å². The smallest absolute Gasteiger partial charge is 0.239 e. The van der Waals surface area contributed by atoms with Crippen LogP contribution in [0.1, 0.15) is 26.7 Å². The fourth-order valence-electron chi connectivity index (χ4n) is 2.92. The molecular formula is C20H31N5O3. The molecule has 1 aromatic heterocycles. The van der Waals surface area contributed by atoms with Crippen molar-refractivity contribution in [1.82, 2.24) is 15.2 Å². The van der Waals surface area contributed by atoms with Crippen molar-refractivity contribution in [2.75, 3.05) is 39.1 Å². The molecule has 0 aliphatic carbocycles. The number of nitrogens with one attached hydrogen (secondary N) is 2. The van der Waals surface area contributed by atoms with E-state index < -0.39 is 0 Å². The van der Waals surface area contributed by atoms with Gasteiger partial charge >= 0.3 is 0 Å². The van der Waals surface area contributed by atoms with E-state index in [9.17, 15) is 4.79 Å². The maximum atomic E-state index is 12.3. The van der Waals surface area contributed by atoms with Crippen LogP contribution in [0.3, 0.4) is 0 Å². The Morgan fingerprint density at radius 1 is 1.39 bits per heavy atom. The van der Waals surface area contributed by atoms with Crippen LogP contribution in [0.5, 0.6) is 5.75 Å². The van der Waals surface area contributed by atoms with Crippen LogP contribution in [0, 0.1) is 0 Å². The number of amides is 1. The van der Waals surface area contributed by atoms with Crippen LogP contribution >= 0.6 is 0 Å². The fourth-order valence-corrected chi connectivity index (χ4v) is 2.92. The second kappa shape index (κ2) is 10.7. The van der Waals surface area contributed by atoms with Gasteiger partial charge < -0.3 is 25.8 Å². The molecule has 2 heterocycles. The summed E-state index contributed by atoms with van der Waals surface area (Å²) < 4.78 is 11.1. The van der Waals surface area contributed by atoms with Crippen LogP contribution in [0.4, 0.5) is 5.82 Å². The van der Waals surface area contributed by atoms with Gasteiger partial charge in [0.05, 0.1) is 18.3 Å². The molecule has 2 rings (SSSR count). The zero-order valence-electron chi connectivity index (χ0n) is 17.1. The van der Waals surface area contributed by atoms with Crippen LogP contribution < -0.4 is 21.1 Å². The first-order valence-corrected chi connectivity index (χ1v) is 9.42. The number of hydrogen-bond donors (Lipinski definition) is 3. The molecule has 154 valence electrons. The highest BCUT2D eigenvalue weighted by Crippen LogP contribution is 2.18. The molecule has 0 unspecified atom stereocenters. The van der Waals surface area contributed by atoms with E-state index in [4.69, 9.17) is 15.2 Å². The van der Waals surface area contributed by atoms with Crippen molar-refractivity contribution in [3.63, 3.8) is 0 Å². The Balaban J connectivity index is 1.90. The Bertz CT molecular complexity index is 724. The van der Waals surface area contributed by atoms with Gasteiger partial charge in [0.2, 0.25) is 5.91 Å². The zero-order chi connectivity index (χ0) is 20.5. The molecule has 0 radical (unpaired) electrons. The van der Waals surface area contributed by atoms with E-state index >= 15 is 0 Å². The maximum absolute atomic E-state index is 12.3. The second-order valence-corrected chi connectivity index (χ2v) is 6.82. The number of allylic oxidation sites excluding steroid dienone is 3. The first-order chi connectivity index (χ1) is 13.4. The average molecular weight is 390 g/mol. The molecule has 1 aliphatic rings. The lowest BCUT2D eigenvalue weighted by molar-refractivity contribution is -0.117. The standard InChI is InChI=1S/C20H31N5O3/c1-14(11-18(21)15(2)22-3)28-17-5-8-23-19(12-17)24-20(26)13-25-9-6-16(27-4)7-10-25/h5,8,11-12,16,22H,6-7,9-10,13,21H2,1-4H3,(H,23,24,26)/b14-11+,18-15-. The van der Waals surface area contributed by atoms with E-state index in [2.05, 4.69) is 20.5 Å². The van der Waals surface area contributed by atoms with Crippen LogP contribution in [0.15, 0.2) is 41.6 Å². The Morgan fingerprint density at radius 3 is 2.75 bits per heavy atom. The number of rotatable bonds is 8. The van der Waals surface area contributed by atoms with Gasteiger partial charge in [-0.05, 0) is 32.8 Å². The Morgan fingerprint density at radius 2 is 2.11 bits per heavy atom. The van der Waals surface area contributed by atoms with Crippen molar-refractivity contribution in [2.24, 2.45) is 5.73 Å². The molecule has 4 N–H and O–H groups in total. The monoisotopic (exact) mass is 389 g/mol. The van der Waals surface area contributed by atoms with Crippen molar-refractivity contribution >= 4 is 11.7 Å². The van der Waals surface area contributed by atoms with Gasteiger partial charge in [0.15, 0.2) is 0 Å². The molecule has 0 saturated carbocycles. The summed E-state index contributed by atoms with van der Waals surface area (Å²) in [5.41, 5.74) is 7.42. The molecule has 8 heteroatoms. The van der Waals surface area contributed by atoms with Crippen LogP contribution in [0.2, 0.25) is 0 Å². The zero-order valence-corrected chi connectivity index (χ0v) is 17.1. The van der Waals surface area contributed by atoms with Crippen LogP contribution in [0.25, 0.3) is 0 Å². The van der Waals surface area contributed by atoms with E-state index in [0.29, 0.717) is 35.7 Å². The van der Waals surface area contributed by atoms with E-state index in [1.807, 2.05) is 20.9 Å². The third kappa shape index (κ3) is 6.86. The molecule has 8 nitrogen and oxygen atoms in total. The van der Waals surface area contributed by atoms with Crippen molar-refractivity contribution < 1.29 is 14.3 Å². The topological polar surface area (TPSA) is 102 Å². The van der Waals surface area contributed by atoms with E-state index in [1.54, 1.807) is 31.5 Å². The SMILES string of the molecule is CN/C(C)=C(N)/C=C(\C)Oc1ccnc(NC(=O)CN2CCC(OC)CC2)c1. The molecule has 1 saturated heterocycles. The molecule has 1 aromatic rings. The van der Waals surface area contributed by atoms with Gasteiger partial charge in [-0.25, -0.2) is 4.98 Å². The number of carbonyl (C=O) groups excluding carboxylic acids is 1. The fraction of sp³-hybridized carbons (Fsp3) is 0.500. The van der Waals surface area contributed by atoms with E-state index in [1.165, 1.54) is 0 Å². The number of pyridine rings is 1. The summed E-state index contributed by atoms with van der Waals surface area (Å²) in [5, 5.41) is 5.82. The minimum Gasteiger partial charge on any atom is -0.462 e. The molecule has 1 amide bonds. The molecule has 0 atom stereocenters. The summed E-state index contributed by atoms with van der Waals surface area (Å²) in [6.07, 6.45) is 5.53. The summed E-state index contributed by atoms with van der Waals surface area (Å²) in [7, 11) is 3.54. The van der Waals surface area contributed by atoms with Gasteiger partial charge in [-0.1, -0.05) is 0 Å². The quantitative estimate of drug-likeness (QED) is 0.460. The van der Waals surface area contributed by atoms with Gasteiger partial charge in [-0.3, -0.25) is 9.69 Å². The maximum Gasteiger partial charge on any atom is 0.239 e. The minimum absolute atomic E-state index is 0.0930. The number of carbonyl (C=O) groups is 1. The summed E-state index contributed by atoms with van der Waals surface area (Å²) in [5.74, 6) is 1.58. The molecule has 0 aromatic carbocycles. The normalized spacial score (nSPS) is 17.1. The highest BCUT2D eigenvalue weighted by molar-refractivity contribution is 5.91. The molecule has 0 bridgehead atoms. The number of likely N-dealkylation sites (tertiary alicyclic amines) is 1. The summed E-state index contributed by atoms with van der Waals surface area (Å²) in [4.78, 5) is 18.6. The minimum atomic E-state index is -0.0930. The van der Waals surface area contributed by atoms with Crippen molar-refractivity contribution in [3.8, 4) is 5.75 Å². The third-order valence-electron chi connectivity index (χ3n) is 4.68. The number of nitrogens with zero attached hydrogens (tertiary/aromatic N) is 2. The van der Waals surface area contributed by atoms with Gasteiger partial charge in [0.1, 0.15) is 17.3 Å². The van der Waals surface area contributed by atoms with E-state index in [-0.39, 0.29) is 5.91 Å². The molecule has 28 heavy (non-hydrogen) atoms. The van der Waals surface area contributed by atoms with Crippen LogP contribution in [-0.4, -0.2) is 55.7 Å². The number of aromatic nitrogens is 1. The number of nitrogens with two attached hydrogens (primary N) is 1. The largest absolute Gasteiger partial charge is 0.462 e. The Labute approximate surface area is 166 Å². The van der Waals surface area contributed by atoms with E-state index in [0.717, 1.165) is 31.6 Å². The Hall–Kier alpha value is -2.58. The predicted molar refractivity (Wildman–Crippen MR) is 110 cm³/mol. The third-order valence-corrected chi connectivity index (χ3v) is 4.68. The van der Waals surface area contributed by atoms with Gasteiger partial charge in [0, 0.05) is 51.3 Å². The molecular weight excluding hydrogens is 358 g/mol. The summed E-state index contributed by atoms with van der Waals surface area (Å²) >= 11 is 0. The van der Waals surface area contributed by atoms with Crippen molar-refractivity contribution in [1.29, 1.82) is 0 Å². The Kier molecular flexibility index (Phi) is 8.28. The van der Waals surface area contributed by atoms with Crippen molar-refractivity contribution in [2.45, 2.75) is 32.8 Å². The van der Waals surface area contributed by atoms with Gasteiger partial charge in [-0.2, -0.15) is 0 Å². The lowest BCUT2D eigenvalue weighted by Crippen LogP contribution is -2.41. The lowest BCUT2D eigenvalue weighted by Gasteiger charge is -2.30. The molecule has 1 aliphatic heterocycles. The lowest BCUT2D eigenvalue weighted by atomic mass is 10.1. The first kappa shape index (κ1) is 21.7. The number of piperidine rings is 1. The first-order valence-electron chi connectivity index (χ1n) is 9.42. The number of anilines is 1. The number of hydrogen-bond acceptors (Lipinski definition) is 7.